The van der Waals surface area contributed by atoms with Gasteiger partial charge in [0.2, 0.25) is 5.75 Å². The molecular weight excluding hydrogens is 448 g/mol. The highest BCUT2D eigenvalue weighted by Crippen LogP contribution is 2.42. The predicted octanol–water partition coefficient (Wildman–Crippen LogP) is 5.53. The number of thioether (sulfide) groups is 1. The van der Waals surface area contributed by atoms with Crippen LogP contribution in [-0.2, 0) is 5.75 Å². The molecule has 0 spiro atoms. The van der Waals surface area contributed by atoms with Gasteiger partial charge in [-0.2, -0.15) is 0 Å². The maximum Gasteiger partial charge on any atom is 0.203 e. The van der Waals surface area contributed by atoms with Crippen LogP contribution in [0, 0.1) is 11.6 Å². The number of hydrogen-bond donors (Lipinski definition) is 0. The molecule has 0 saturated heterocycles. The van der Waals surface area contributed by atoms with Gasteiger partial charge >= 0.3 is 0 Å². The molecule has 0 fully saturated rings. The first-order valence-corrected chi connectivity index (χ1v) is 10.9. The molecule has 0 bridgehead atoms. The maximum absolute atomic E-state index is 14.9. The quantitative estimate of drug-likeness (QED) is 0.316. The molecule has 6 nitrogen and oxygen atoms in total. The van der Waals surface area contributed by atoms with Crippen LogP contribution in [0.15, 0.2) is 65.8 Å². The number of hydrogen-bond acceptors (Lipinski definition) is 6. The van der Waals surface area contributed by atoms with Gasteiger partial charge in [0.25, 0.3) is 0 Å². The van der Waals surface area contributed by atoms with Gasteiger partial charge in [0.15, 0.2) is 22.5 Å². The van der Waals surface area contributed by atoms with Gasteiger partial charge in [-0.25, -0.2) is 8.78 Å². The second-order valence-electron chi connectivity index (χ2n) is 6.89. The molecule has 9 heteroatoms. The van der Waals surface area contributed by atoms with Gasteiger partial charge in [-0.15, -0.1) is 10.2 Å². The van der Waals surface area contributed by atoms with Gasteiger partial charge < -0.3 is 14.2 Å². The lowest BCUT2D eigenvalue weighted by molar-refractivity contribution is 0.324. The molecule has 0 atom stereocenters. The van der Waals surface area contributed by atoms with Crippen molar-refractivity contribution >= 4 is 11.8 Å². The predicted molar refractivity (Wildman–Crippen MR) is 122 cm³/mol. The van der Waals surface area contributed by atoms with E-state index in [1.54, 1.807) is 53.1 Å². The summed E-state index contributed by atoms with van der Waals surface area (Å²) in [5.74, 6) is 1.19. The Labute approximate surface area is 194 Å². The zero-order valence-electron chi connectivity index (χ0n) is 18.2. The van der Waals surface area contributed by atoms with Gasteiger partial charge in [0, 0.05) is 11.3 Å². The number of ether oxygens (including phenoxy) is 3. The standard InChI is InChI=1S/C24H21F2N3O3S/c1-30-20-12-16(13-21(31-2)22(20)32-3)23-27-28-24(29(23)19-11-7-6-10-18(19)26)33-14-15-8-4-5-9-17(15)25/h4-13H,14H2,1-3H3. The van der Waals surface area contributed by atoms with E-state index in [9.17, 15) is 8.78 Å². The van der Waals surface area contributed by atoms with Gasteiger partial charge in [0.05, 0.1) is 27.0 Å². The Balaban J connectivity index is 1.84. The van der Waals surface area contributed by atoms with Crippen LogP contribution in [0.5, 0.6) is 17.2 Å². The van der Waals surface area contributed by atoms with Crippen molar-refractivity contribution in [1.82, 2.24) is 14.8 Å². The van der Waals surface area contributed by atoms with Crippen molar-refractivity contribution in [3.05, 3.63) is 77.9 Å². The van der Waals surface area contributed by atoms with Crippen LogP contribution >= 0.6 is 11.8 Å². The summed E-state index contributed by atoms with van der Waals surface area (Å²) < 4.78 is 46.9. The number of para-hydroxylation sites is 1. The summed E-state index contributed by atoms with van der Waals surface area (Å²) in [6.07, 6.45) is 0. The van der Waals surface area contributed by atoms with Crippen molar-refractivity contribution in [2.45, 2.75) is 10.9 Å². The molecule has 170 valence electrons. The van der Waals surface area contributed by atoms with E-state index in [0.29, 0.717) is 45.1 Å². The fourth-order valence-corrected chi connectivity index (χ4v) is 4.30. The topological polar surface area (TPSA) is 58.4 Å². The summed E-state index contributed by atoms with van der Waals surface area (Å²) in [7, 11) is 4.54. The lowest BCUT2D eigenvalue weighted by Gasteiger charge is -2.15. The van der Waals surface area contributed by atoms with Gasteiger partial charge in [-0.3, -0.25) is 4.57 Å². The van der Waals surface area contributed by atoms with Crippen molar-refractivity contribution in [2.24, 2.45) is 0 Å². The Bertz CT molecular complexity index is 1250. The van der Waals surface area contributed by atoms with E-state index in [-0.39, 0.29) is 11.5 Å². The van der Waals surface area contributed by atoms with Crippen molar-refractivity contribution in [1.29, 1.82) is 0 Å². The average Bonchev–Trinajstić information content (AvgIpc) is 3.26. The molecule has 3 aromatic carbocycles. The minimum Gasteiger partial charge on any atom is -0.493 e. The van der Waals surface area contributed by atoms with E-state index in [2.05, 4.69) is 10.2 Å². The van der Waals surface area contributed by atoms with E-state index in [1.165, 1.54) is 45.2 Å². The average molecular weight is 470 g/mol. The number of benzene rings is 3. The Morgan fingerprint density at radius 3 is 2.06 bits per heavy atom. The van der Waals surface area contributed by atoms with E-state index in [0.717, 1.165) is 0 Å². The first kappa shape index (κ1) is 22.6. The normalized spacial score (nSPS) is 10.8. The molecule has 0 amide bonds. The summed E-state index contributed by atoms with van der Waals surface area (Å²) >= 11 is 1.26. The van der Waals surface area contributed by atoms with E-state index in [1.807, 2.05) is 0 Å². The highest BCUT2D eigenvalue weighted by atomic mass is 32.2. The smallest absolute Gasteiger partial charge is 0.203 e. The molecule has 33 heavy (non-hydrogen) atoms. The minimum atomic E-state index is -0.446. The van der Waals surface area contributed by atoms with Crippen LogP contribution in [0.25, 0.3) is 17.1 Å². The van der Waals surface area contributed by atoms with Crippen molar-refractivity contribution in [3.8, 4) is 34.3 Å². The van der Waals surface area contributed by atoms with Crippen molar-refractivity contribution < 1.29 is 23.0 Å². The Morgan fingerprint density at radius 2 is 1.45 bits per heavy atom. The molecular formula is C24H21F2N3O3S. The molecule has 0 radical (unpaired) electrons. The fraction of sp³-hybridized carbons (Fsp3) is 0.167. The van der Waals surface area contributed by atoms with Crippen LogP contribution in [0.4, 0.5) is 8.78 Å². The summed E-state index contributed by atoms with van der Waals surface area (Å²) in [4.78, 5) is 0. The summed E-state index contributed by atoms with van der Waals surface area (Å²) in [6, 6.07) is 16.3. The van der Waals surface area contributed by atoms with Gasteiger partial charge in [-0.05, 0) is 35.9 Å². The molecule has 0 aliphatic rings. The SMILES string of the molecule is COc1cc(-c2nnc(SCc3ccccc3F)n2-c2ccccc2F)cc(OC)c1OC. The monoisotopic (exact) mass is 469 g/mol. The molecule has 0 aliphatic heterocycles. The second-order valence-corrected chi connectivity index (χ2v) is 7.83. The molecule has 1 aromatic heterocycles. The fourth-order valence-electron chi connectivity index (χ4n) is 3.37. The molecule has 0 N–H and O–H groups in total. The van der Waals surface area contributed by atoms with E-state index in [4.69, 9.17) is 14.2 Å². The van der Waals surface area contributed by atoms with Crippen molar-refractivity contribution in [2.75, 3.05) is 21.3 Å². The van der Waals surface area contributed by atoms with Crippen LogP contribution in [0.3, 0.4) is 0 Å². The molecule has 4 aromatic rings. The third-order valence-electron chi connectivity index (χ3n) is 4.96. The minimum absolute atomic E-state index is 0.266. The van der Waals surface area contributed by atoms with Crippen LogP contribution in [0.2, 0.25) is 0 Å². The number of nitrogens with zero attached hydrogens (tertiary/aromatic N) is 3. The molecule has 4 rings (SSSR count). The lowest BCUT2D eigenvalue weighted by Crippen LogP contribution is -2.03. The highest BCUT2D eigenvalue weighted by molar-refractivity contribution is 7.98. The van der Waals surface area contributed by atoms with Gasteiger partial charge in [0.1, 0.15) is 11.6 Å². The third-order valence-corrected chi connectivity index (χ3v) is 5.94. The number of rotatable bonds is 8. The number of aromatic nitrogens is 3. The number of methoxy groups -OCH3 is 3. The highest BCUT2D eigenvalue weighted by Gasteiger charge is 2.22. The molecule has 1 heterocycles. The summed E-state index contributed by atoms with van der Waals surface area (Å²) in [6.45, 7) is 0. The first-order chi connectivity index (χ1) is 16.1. The van der Waals surface area contributed by atoms with Gasteiger partial charge in [-0.1, -0.05) is 42.1 Å². The first-order valence-electron chi connectivity index (χ1n) is 9.94. The Kier molecular flexibility index (Phi) is 6.79. The molecule has 0 saturated carbocycles. The summed E-state index contributed by atoms with van der Waals surface area (Å²) in [5, 5.41) is 9.02. The molecule has 0 unspecified atom stereocenters. The third kappa shape index (κ3) is 4.49. The van der Waals surface area contributed by atoms with Crippen LogP contribution in [-0.4, -0.2) is 36.1 Å². The molecule has 0 aliphatic carbocycles. The maximum atomic E-state index is 14.9. The van der Waals surface area contributed by atoms with Crippen LogP contribution in [0.1, 0.15) is 5.56 Å². The lowest BCUT2D eigenvalue weighted by atomic mass is 10.1. The Hall–Kier alpha value is -3.59. The second kappa shape index (κ2) is 9.91. The van der Waals surface area contributed by atoms with E-state index >= 15 is 0 Å². The zero-order valence-corrected chi connectivity index (χ0v) is 19.0. The summed E-state index contributed by atoms with van der Waals surface area (Å²) in [5.41, 5.74) is 1.36. The zero-order chi connectivity index (χ0) is 23.4. The van der Waals surface area contributed by atoms with Crippen LogP contribution < -0.4 is 14.2 Å². The largest absolute Gasteiger partial charge is 0.493 e. The number of halogens is 2. The Morgan fingerprint density at radius 1 is 0.818 bits per heavy atom. The van der Waals surface area contributed by atoms with Crippen molar-refractivity contribution in [3.63, 3.8) is 0 Å². The van der Waals surface area contributed by atoms with E-state index < -0.39 is 5.82 Å².